The number of urea groups is 1. The van der Waals surface area contributed by atoms with Gasteiger partial charge in [0.15, 0.2) is 0 Å². The van der Waals surface area contributed by atoms with E-state index in [1.54, 1.807) is 77.1 Å². The summed E-state index contributed by atoms with van der Waals surface area (Å²) in [4.78, 5) is 63.9. The third-order valence-corrected chi connectivity index (χ3v) is 9.00. The first-order valence-corrected chi connectivity index (χ1v) is 18.6. The van der Waals surface area contributed by atoms with Gasteiger partial charge in [-0.05, 0) is 88.6 Å². The maximum absolute atomic E-state index is 13.7. The molecule has 0 bridgehead atoms. The molecule has 2 aromatic rings. The van der Waals surface area contributed by atoms with Crippen LogP contribution in [0.4, 0.5) is 15.3 Å². The molecule has 0 heterocycles. The molecule has 0 aliphatic carbocycles. The van der Waals surface area contributed by atoms with E-state index < -0.39 is 69.5 Å². The summed E-state index contributed by atoms with van der Waals surface area (Å²) in [5, 5.41) is 22.5. The molecule has 17 heteroatoms. The Kier molecular flexibility index (Phi) is 17.5. The van der Waals surface area contributed by atoms with Crippen LogP contribution in [-0.2, 0) is 35.8 Å². The highest BCUT2D eigenvalue weighted by Gasteiger charge is 2.32. The summed E-state index contributed by atoms with van der Waals surface area (Å²) in [6, 6.07) is 9.67. The summed E-state index contributed by atoms with van der Waals surface area (Å²) < 4.78 is 34.2. The second-order valence-electron chi connectivity index (χ2n) is 13.5. The molecule has 3 atom stereocenters. The molecule has 16 nitrogen and oxygen atoms in total. The Hall–Kier alpha value is -4.74. The molecule has 288 valence electrons. The lowest BCUT2D eigenvalue weighted by Gasteiger charge is -2.27. The maximum Gasteiger partial charge on any atom is 0.407 e. The molecular weight excluding hydrogens is 694 g/mol. The van der Waals surface area contributed by atoms with E-state index in [1.165, 1.54) is 12.1 Å². The van der Waals surface area contributed by atoms with Gasteiger partial charge in [-0.15, -0.1) is 0 Å². The standard InChI is InChI=1S/C35H53N7O9S/c1-23(2)29(32(46)40-27(15-11-21-37-33(36)47)30(44)39-25-18-16-24(22-43)17-19-25)41-31(45)28(42-52(49,50)26-12-7-6-8-13-26)14-9-10-20-38-34(48)51-35(3,4)5/h6-8,12-13,16-19,23,27-29,42-43H,9-11,14-15,20-22H2,1-5H3,(H,38,48)(H,39,44)(H,40,46)(H,41,45)(H3,36,37,47)/t27?,28-,29-/m0/s1. The number of alkyl carbamates (subject to hydrolysis) is 1. The summed E-state index contributed by atoms with van der Waals surface area (Å²) in [5.74, 6) is -2.50. The second kappa shape index (κ2) is 20.9. The van der Waals surface area contributed by atoms with Gasteiger partial charge in [-0.2, -0.15) is 4.72 Å². The van der Waals surface area contributed by atoms with Crippen molar-refractivity contribution in [2.75, 3.05) is 18.4 Å². The number of unbranched alkanes of at least 4 members (excludes halogenated alkanes) is 1. The van der Waals surface area contributed by atoms with Crippen LogP contribution < -0.4 is 37.0 Å². The highest BCUT2D eigenvalue weighted by molar-refractivity contribution is 7.89. The number of amides is 6. The zero-order chi connectivity index (χ0) is 38.9. The van der Waals surface area contributed by atoms with Gasteiger partial charge in [0, 0.05) is 18.8 Å². The Morgan fingerprint density at radius 2 is 1.40 bits per heavy atom. The molecule has 0 fully saturated rings. The van der Waals surface area contributed by atoms with E-state index >= 15 is 0 Å². The minimum Gasteiger partial charge on any atom is -0.444 e. The predicted molar refractivity (Wildman–Crippen MR) is 195 cm³/mol. The molecule has 1 unspecified atom stereocenters. The lowest BCUT2D eigenvalue weighted by atomic mass is 10.0. The van der Waals surface area contributed by atoms with Crippen LogP contribution in [0.3, 0.4) is 0 Å². The van der Waals surface area contributed by atoms with Crippen LogP contribution in [0.25, 0.3) is 0 Å². The van der Waals surface area contributed by atoms with Crippen molar-refractivity contribution in [1.29, 1.82) is 0 Å². The van der Waals surface area contributed by atoms with Gasteiger partial charge in [0.05, 0.1) is 11.5 Å². The van der Waals surface area contributed by atoms with Gasteiger partial charge >= 0.3 is 12.1 Å². The van der Waals surface area contributed by atoms with Crippen LogP contribution >= 0.6 is 0 Å². The molecule has 0 aromatic heterocycles. The lowest BCUT2D eigenvalue weighted by molar-refractivity contribution is -0.132. The summed E-state index contributed by atoms with van der Waals surface area (Å²) in [6.45, 7) is 8.75. The van der Waals surface area contributed by atoms with Gasteiger partial charge in [0.25, 0.3) is 0 Å². The van der Waals surface area contributed by atoms with Gasteiger partial charge in [-0.3, -0.25) is 14.4 Å². The fourth-order valence-corrected chi connectivity index (χ4v) is 6.09. The average molecular weight is 748 g/mol. The Morgan fingerprint density at radius 3 is 1.98 bits per heavy atom. The highest BCUT2D eigenvalue weighted by atomic mass is 32.2. The summed E-state index contributed by atoms with van der Waals surface area (Å²) in [7, 11) is -4.15. The van der Waals surface area contributed by atoms with Gasteiger partial charge in [-0.25, -0.2) is 18.0 Å². The number of primary amides is 1. The maximum atomic E-state index is 13.7. The number of carbonyl (C=O) groups is 5. The van der Waals surface area contributed by atoms with Crippen LogP contribution in [0.5, 0.6) is 0 Å². The Balaban J connectivity index is 2.22. The van der Waals surface area contributed by atoms with Crippen molar-refractivity contribution in [2.45, 2.75) is 102 Å². The Bertz CT molecular complexity index is 1580. The van der Waals surface area contributed by atoms with Crippen molar-refractivity contribution in [1.82, 2.24) is 26.0 Å². The second-order valence-corrected chi connectivity index (χ2v) is 15.2. The first kappa shape index (κ1) is 43.4. The normalized spacial score (nSPS) is 13.3. The fourth-order valence-electron chi connectivity index (χ4n) is 4.84. The van der Waals surface area contributed by atoms with Crippen molar-refractivity contribution >= 4 is 45.6 Å². The van der Waals surface area contributed by atoms with Gasteiger partial charge < -0.3 is 42.2 Å². The number of benzene rings is 2. The monoisotopic (exact) mass is 747 g/mol. The van der Waals surface area contributed by atoms with Gasteiger partial charge in [-0.1, -0.05) is 44.2 Å². The largest absolute Gasteiger partial charge is 0.444 e. The minimum absolute atomic E-state index is 0.0350. The number of hydrogen-bond donors (Lipinski definition) is 8. The number of ether oxygens (including phenoxy) is 1. The summed E-state index contributed by atoms with van der Waals surface area (Å²) in [5.41, 5.74) is 5.52. The Morgan fingerprint density at radius 1 is 0.788 bits per heavy atom. The van der Waals surface area contributed by atoms with Crippen molar-refractivity contribution in [2.24, 2.45) is 11.7 Å². The first-order chi connectivity index (χ1) is 24.4. The highest BCUT2D eigenvalue weighted by Crippen LogP contribution is 2.14. The molecule has 0 saturated carbocycles. The Labute approximate surface area is 305 Å². The molecule has 0 aliphatic rings. The van der Waals surface area contributed by atoms with E-state index in [0.29, 0.717) is 24.1 Å². The molecule has 0 radical (unpaired) electrons. The van der Waals surface area contributed by atoms with Crippen LogP contribution in [0.15, 0.2) is 59.5 Å². The van der Waals surface area contributed by atoms with Crippen molar-refractivity contribution in [3.63, 3.8) is 0 Å². The third-order valence-electron chi connectivity index (χ3n) is 7.51. The molecule has 0 aliphatic heterocycles. The van der Waals surface area contributed by atoms with Gasteiger partial charge in [0.1, 0.15) is 23.7 Å². The molecule has 2 rings (SSSR count). The van der Waals surface area contributed by atoms with E-state index in [0.717, 1.165) is 0 Å². The van der Waals surface area contributed by atoms with Crippen LogP contribution in [-0.4, -0.2) is 80.2 Å². The number of carbonyl (C=O) groups excluding carboxylic acids is 5. The summed E-state index contributed by atoms with van der Waals surface area (Å²) >= 11 is 0. The van der Waals surface area contributed by atoms with E-state index in [1.807, 2.05) is 0 Å². The predicted octanol–water partition coefficient (Wildman–Crippen LogP) is 2.23. The van der Waals surface area contributed by atoms with E-state index in [9.17, 15) is 37.5 Å². The molecular formula is C35H53N7O9S. The van der Waals surface area contributed by atoms with Crippen LogP contribution in [0, 0.1) is 5.92 Å². The zero-order valence-corrected chi connectivity index (χ0v) is 31.2. The summed E-state index contributed by atoms with van der Waals surface area (Å²) in [6.07, 6.45) is 0.525. The fraction of sp³-hybridized carbons (Fsp3) is 0.514. The SMILES string of the molecule is CC(C)[C@H](NC(=O)[C@H](CCCCNC(=O)OC(C)(C)C)NS(=O)(=O)c1ccccc1)C(=O)NC(CCCNC(N)=O)C(=O)Nc1ccc(CO)cc1. The number of sulfonamides is 1. The smallest absolute Gasteiger partial charge is 0.407 e. The lowest BCUT2D eigenvalue weighted by Crippen LogP contribution is -2.57. The number of aliphatic hydroxyl groups excluding tert-OH is 1. The number of nitrogens with one attached hydrogen (secondary N) is 6. The molecule has 2 aromatic carbocycles. The molecule has 52 heavy (non-hydrogen) atoms. The molecule has 0 saturated heterocycles. The molecule has 9 N–H and O–H groups in total. The third kappa shape index (κ3) is 16.1. The zero-order valence-electron chi connectivity index (χ0n) is 30.4. The minimum atomic E-state index is -4.15. The number of hydrogen-bond acceptors (Lipinski definition) is 9. The number of aliphatic hydroxyl groups is 1. The molecule has 0 spiro atoms. The van der Waals surface area contributed by atoms with E-state index in [2.05, 4.69) is 31.3 Å². The van der Waals surface area contributed by atoms with Gasteiger partial charge in [0.2, 0.25) is 27.7 Å². The van der Waals surface area contributed by atoms with E-state index in [4.69, 9.17) is 10.5 Å². The topological polar surface area (TPSA) is 247 Å². The number of anilines is 1. The number of nitrogens with two attached hydrogens (primary N) is 1. The average Bonchev–Trinajstić information content (AvgIpc) is 3.07. The molecule has 6 amide bonds. The van der Waals surface area contributed by atoms with Crippen LogP contribution in [0.2, 0.25) is 0 Å². The number of rotatable bonds is 20. The van der Waals surface area contributed by atoms with Crippen molar-refractivity contribution < 1.29 is 42.2 Å². The van der Waals surface area contributed by atoms with Crippen molar-refractivity contribution in [3.8, 4) is 0 Å². The first-order valence-electron chi connectivity index (χ1n) is 17.1. The van der Waals surface area contributed by atoms with E-state index in [-0.39, 0.29) is 43.9 Å². The van der Waals surface area contributed by atoms with Crippen LogP contribution in [0.1, 0.15) is 72.3 Å². The quantitative estimate of drug-likeness (QED) is 0.0925. The van der Waals surface area contributed by atoms with Crippen molar-refractivity contribution in [3.05, 3.63) is 60.2 Å².